The number of aromatic hydroxyl groups is 1. The fraction of sp³-hybridized carbons (Fsp3) is 0.500. The number of amides is 1. The minimum Gasteiger partial charge on any atom is -0.504 e. The first-order valence-corrected chi connectivity index (χ1v) is 8.96. The largest absolute Gasteiger partial charge is 0.504 e. The van der Waals surface area contributed by atoms with Gasteiger partial charge in [0.2, 0.25) is 0 Å². The van der Waals surface area contributed by atoms with Crippen LogP contribution in [-0.2, 0) is 14.3 Å². The van der Waals surface area contributed by atoms with E-state index in [1.165, 1.54) is 31.7 Å². The summed E-state index contributed by atoms with van der Waals surface area (Å²) in [5.74, 6) is -0.0857. The third-order valence-corrected chi connectivity index (χ3v) is 4.72. The summed E-state index contributed by atoms with van der Waals surface area (Å²) in [4.78, 5) is 24.2. The second kappa shape index (κ2) is 9.27. The molecular formula is C20H27NO5. The number of hydrogen-bond acceptors (Lipinski definition) is 5. The molecule has 6 nitrogen and oxygen atoms in total. The second-order valence-electron chi connectivity index (χ2n) is 6.72. The van der Waals surface area contributed by atoms with Crippen LogP contribution in [0.4, 0.5) is 0 Å². The number of methoxy groups -OCH3 is 1. The molecule has 1 amide bonds. The van der Waals surface area contributed by atoms with E-state index in [1.807, 2.05) is 0 Å². The molecule has 0 heterocycles. The highest BCUT2D eigenvalue weighted by atomic mass is 16.5. The van der Waals surface area contributed by atoms with Crippen molar-refractivity contribution in [3.05, 3.63) is 29.8 Å². The van der Waals surface area contributed by atoms with Gasteiger partial charge in [-0.05, 0) is 49.5 Å². The van der Waals surface area contributed by atoms with E-state index in [4.69, 9.17) is 9.47 Å². The zero-order valence-corrected chi connectivity index (χ0v) is 15.5. The van der Waals surface area contributed by atoms with Crippen molar-refractivity contribution in [1.29, 1.82) is 0 Å². The Hall–Kier alpha value is -2.50. The van der Waals surface area contributed by atoms with Crippen LogP contribution >= 0.6 is 0 Å². The Kier molecular flexibility index (Phi) is 7.06. The molecule has 0 aromatic heterocycles. The topological polar surface area (TPSA) is 84.9 Å². The Morgan fingerprint density at radius 1 is 1.31 bits per heavy atom. The summed E-state index contributed by atoms with van der Waals surface area (Å²) in [6, 6.07) is 4.87. The van der Waals surface area contributed by atoms with Crippen LogP contribution in [0.2, 0.25) is 0 Å². The molecule has 1 aromatic carbocycles. The van der Waals surface area contributed by atoms with E-state index in [0.29, 0.717) is 17.2 Å². The van der Waals surface area contributed by atoms with Gasteiger partial charge in [-0.1, -0.05) is 25.8 Å². The number of phenolic OH excluding ortho intramolecular Hbond substituents is 1. The van der Waals surface area contributed by atoms with Crippen molar-refractivity contribution in [2.75, 3.05) is 7.11 Å². The predicted molar refractivity (Wildman–Crippen MR) is 98.8 cm³/mol. The molecule has 1 aliphatic carbocycles. The van der Waals surface area contributed by atoms with Crippen LogP contribution in [0.5, 0.6) is 11.5 Å². The number of carbonyl (C=O) groups is 2. The van der Waals surface area contributed by atoms with Gasteiger partial charge in [-0.3, -0.25) is 4.79 Å². The first-order chi connectivity index (χ1) is 12.4. The summed E-state index contributed by atoms with van der Waals surface area (Å²) < 4.78 is 10.2. The minimum atomic E-state index is -0.851. The third-order valence-electron chi connectivity index (χ3n) is 4.72. The molecular weight excluding hydrogens is 334 g/mol. The number of rotatable bonds is 6. The van der Waals surface area contributed by atoms with Gasteiger partial charge in [0, 0.05) is 12.1 Å². The van der Waals surface area contributed by atoms with E-state index in [2.05, 4.69) is 12.2 Å². The van der Waals surface area contributed by atoms with Gasteiger partial charge in [-0.2, -0.15) is 0 Å². The summed E-state index contributed by atoms with van der Waals surface area (Å²) in [6.07, 6.45) is 6.33. The summed E-state index contributed by atoms with van der Waals surface area (Å²) in [7, 11) is 1.45. The molecule has 0 unspecified atom stereocenters. The van der Waals surface area contributed by atoms with Crippen LogP contribution in [0.15, 0.2) is 24.3 Å². The monoisotopic (exact) mass is 361 g/mol. The molecule has 3 atom stereocenters. The minimum absolute atomic E-state index is 0.0226. The molecule has 6 heteroatoms. The first-order valence-electron chi connectivity index (χ1n) is 8.96. The number of carbonyl (C=O) groups excluding carboxylic acids is 2. The SMILES string of the molecule is COc1cc(/C=C/C(=O)O[C@H](C)C(=O)N[C@@H]2CCCC[C@@H]2C)ccc1O. The van der Waals surface area contributed by atoms with Gasteiger partial charge >= 0.3 is 5.97 Å². The molecule has 0 bridgehead atoms. The lowest BCUT2D eigenvalue weighted by Gasteiger charge is -2.30. The normalized spacial score (nSPS) is 21.2. The average Bonchev–Trinajstić information content (AvgIpc) is 2.62. The molecule has 2 N–H and O–H groups in total. The molecule has 1 aliphatic rings. The lowest BCUT2D eigenvalue weighted by atomic mass is 9.86. The Morgan fingerprint density at radius 2 is 2.04 bits per heavy atom. The van der Waals surface area contributed by atoms with Crippen LogP contribution in [0.25, 0.3) is 6.08 Å². The number of nitrogens with one attached hydrogen (secondary N) is 1. The van der Waals surface area contributed by atoms with Gasteiger partial charge in [0.15, 0.2) is 17.6 Å². The smallest absolute Gasteiger partial charge is 0.331 e. The zero-order valence-electron chi connectivity index (χ0n) is 15.5. The molecule has 0 radical (unpaired) electrons. The van der Waals surface area contributed by atoms with Crippen molar-refractivity contribution < 1.29 is 24.2 Å². The molecule has 142 valence electrons. The van der Waals surface area contributed by atoms with Gasteiger partial charge < -0.3 is 19.9 Å². The van der Waals surface area contributed by atoms with Crippen LogP contribution in [0.1, 0.15) is 45.1 Å². The maximum absolute atomic E-state index is 12.2. The summed E-state index contributed by atoms with van der Waals surface area (Å²) >= 11 is 0. The zero-order chi connectivity index (χ0) is 19.1. The highest BCUT2D eigenvalue weighted by molar-refractivity contribution is 5.90. The van der Waals surface area contributed by atoms with E-state index in [0.717, 1.165) is 19.3 Å². The molecule has 0 saturated heterocycles. The van der Waals surface area contributed by atoms with Crippen molar-refractivity contribution in [2.45, 2.75) is 51.7 Å². The third kappa shape index (κ3) is 5.51. The fourth-order valence-electron chi connectivity index (χ4n) is 3.06. The van der Waals surface area contributed by atoms with Gasteiger partial charge in [0.25, 0.3) is 5.91 Å². The van der Waals surface area contributed by atoms with Gasteiger partial charge in [0.1, 0.15) is 0 Å². The van der Waals surface area contributed by atoms with Crippen molar-refractivity contribution in [3.8, 4) is 11.5 Å². The predicted octanol–water partition coefficient (Wildman–Crippen LogP) is 3.04. The molecule has 1 fully saturated rings. The Bertz CT molecular complexity index is 670. The number of ether oxygens (including phenoxy) is 2. The van der Waals surface area contributed by atoms with Crippen LogP contribution in [0.3, 0.4) is 0 Å². The lowest BCUT2D eigenvalue weighted by Crippen LogP contribution is -2.45. The van der Waals surface area contributed by atoms with E-state index >= 15 is 0 Å². The number of benzene rings is 1. The Labute approximate surface area is 154 Å². The second-order valence-corrected chi connectivity index (χ2v) is 6.72. The molecule has 1 saturated carbocycles. The number of phenols is 1. The van der Waals surface area contributed by atoms with Gasteiger partial charge in [-0.15, -0.1) is 0 Å². The highest BCUT2D eigenvalue weighted by Gasteiger charge is 2.25. The molecule has 1 aromatic rings. The van der Waals surface area contributed by atoms with Gasteiger partial charge in [-0.25, -0.2) is 4.79 Å². The van der Waals surface area contributed by atoms with E-state index in [9.17, 15) is 14.7 Å². The first kappa shape index (κ1) is 19.8. The maximum Gasteiger partial charge on any atom is 0.331 e. The van der Waals surface area contributed by atoms with E-state index in [-0.39, 0.29) is 17.7 Å². The number of hydrogen-bond donors (Lipinski definition) is 2. The number of esters is 1. The van der Waals surface area contributed by atoms with E-state index in [1.54, 1.807) is 19.1 Å². The quantitative estimate of drug-likeness (QED) is 0.601. The van der Waals surface area contributed by atoms with Crippen molar-refractivity contribution in [2.24, 2.45) is 5.92 Å². The highest BCUT2D eigenvalue weighted by Crippen LogP contribution is 2.27. The Balaban J connectivity index is 1.87. The molecule has 0 aliphatic heterocycles. The fourth-order valence-corrected chi connectivity index (χ4v) is 3.06. The average molecular weight is 361 g/mol. The van der Waals surface area contributed by atoms with Crippen molar-refractivity contribution >= 4 is 18.0 Å². The van der Waals surface area contributed by atoms with Gasteiger partial charge in [0.05, 0.1) is 7.11 Å². The van der Waals surface area contributed by atoms with Crippen molar-refractivity contribution in [1.82, 2.24) is 5.32 Å². The molecule has 0 spiro atoms. The molecule has 26 heavy (non-hydrogen) atoms. The van der Waals surface area contributed by atoms with Crippen LogP contribution in [-0.4, -0.2) is 36.2 Å². The molecule has 2 rings (SSSR count). The summed E-state index contributed by atoms with van der Waals surface area (Å²) in [6.45, 7) is 3.70. The summed E-state index contributed by atoms with van der Waals surface area (Å²) in [5, 5.41) is 12.5. The van der Waals surface area contributed by atoms with Crippen molar-refractivity contribution in [3.63, 3.8) is 0 Å². The Morgan fingerprint density at radius 3 is 2.73 bits per heavy atom. The summed E-state index contributed by atoms with van der Waals surface area (Å²) in [5.41, 5.74) is 0.671. The van der Waals surface area contributed by atoms with Crippen LogP contribution in [0, 0.1) is 5.92 Å². The lowest BCUT2D eigenvalue weighted by molar-refractivity contribution is -0.150. The van der Waals surface area contributed by atoms with Crippen LogP contribution < -0.4 is 10.1 Å². The maximum atomic E-state index is 12.2. The van der Waals surface area contributed by atoms with E-state index < -0.39 is 12.1 Å². The standard InChI is InChI=1S/C20H27NO5/c1-13-6-4-5-7-16(13)21-20(24)14(2)26-19(23)11-9-15-8-10-17(22)18(12-15)25-3/h8-14,16,22H,4-7H2,1-3H3,(H,21,24)/b11-9+/t13-,14+,16+/m0/s1.